The van der Waals surface area contributed by atoms with Gasteiger partial charge < -0.3 is 0 Å². The van der Waals surface area contributed by atoms with E-state index in [0.717, 1.165) is 0 Å². The number of hydrogen-bond donors (Lipinski definition) is 0. The highest BCUT2D eigenvalue weighted by atomic mass is 35.5. The molecule has 4 nitrogen and oxygen atoms in total. The Bertz CT molecular complexity index is 1030. The summed E-state index contributed by atoms with van der Waals surface area (Å²) in [6, 6.07) is 21.7. The molecule has 1 aromatic heterocycles. The van der Waals surface area contributed by atoms with Crippen LogP contribution >= 0.6 is 11.6 Å². The maximum absolute atomic E-state index is 13.9. The molecule has 0 radical (unpaired) electrons. The number of aromatic nitrogens is 3. The van der Waals surface area contributed by atoms with Gasteiger partial charge in [0.05, 0.1) is 0 Å². The Labute approximate surface area is 166 Å². The maximum Gasteiger partial charge on any atom is 0.199 e. The normalized spacial score (nSPS) is 13.1. The Morgan fingerprint density at radius 1 is 0.893 bits per heavy atom. The van der Waals surface area contributed by atoms with Gasteiger partial charge in [-0.15, -0.1) is 0 Å². The topological polar surface area (TPSA) is 47.8 Å². The van der Waals surface area contributed by atoms with Gasteiger partial charge in [0.2, 0.25) is 0 Å². The molecule has 4 rings (SSSR count). The molecule has 0 aliphatic rings. The Hall–Kier alpha value is -3.31. The molecule has 0 saturated carbocycles. The van der Waals surface area contributed by atoms with Crippen LogP contribution in [0.4, 0.5) is 4.39 Å². The van der Waals surface area contributed by atoms with E-state index >= 15 is 0 Å². The fourth-order valence-electron chi connectivity index (χ4n) is 3.36. The van der Waals surface area contributed by atoms with Crippen LogP contribution < -0.4 is 0 Å². The number of carbonyl (C=O) groups excluding carboxylic acids is 1. The van der Waals surface area contributed by atoms with Crippen LogP contribution in [0.15, 0.2) is 91.5 Å². The zero-order chi connectivity index (χ0) is 19.6. The number of hydrogen-bond acceptors (Lipinski definition) is 3. The quantitative estimate of drug-likeness (QED) is 0.461. The van der Waals surface area contributed by atoms with Crippen molar-refractivity contribution < 1.29 is 9.18 Å². The molecule has 1 heterocycles. The van der Waals surface area contributed by atoms with Crippen molar-refractivity contribution in [3.63, 3.8) is 0 Å². The first-order valence-electron chi connectivity index (χ1n) is 8.59. The molecule has 0 aliphatic carbocycles. The number of ketones is 1. The van der Waals surface area contributed by atoms with E-state index in [1.54, 1.807) is 60.7 Å². The Kier molecular flexibility index (Phi) is 4.75. The molecule has 0 saturated heterocycles. The van der Waals surface area contributed by atoms with Gasteiger partial charge in [-0.25, -0.2) is 14.1 Å². The van der Waals surface area contributed by atoms with E-state index in [2.05, 4.69) is 10.1 Å². The van der Waals surface area contributed by atoms with Crippen LogP contribution in [0.25, 0.3) is 0 Å². The summed E-state index contributed by atoms with van der Waals surface area (Å²) in [6.45, 7) is 0. The van der Waals surface area contributed by atoms with Crippen molar-refractivity contribution in [1.82, 2.24) is 14.8 Å². The number of halogens is 2. The summed E-state index contributed by atoms with van der Waals surface area (Å²) in [5, 5.41) is 4.83. The summed E-state index contributed by atoms with van der Waals surface area (Å²) in [5.74, 6) is -0.605. The summed E-state index contributed by atoms with van der Waals surface area (Å²) in [5.41, 5.74) is 0.339. The van der Waals surface area contributed by atoms with E-state index in [0.29, 0.717) is 21.7 Å². The second-order valence-corrected chi connectivity index (χ2v) is 6.70. The Morgan fingerprint density at radius 3 is 2.07 bits per heavy atom. The molecular formula is C22H15ClFN3O. The van der Waals surface area contributed by atoms with Gasteiger partial charge in [-0.3, -0.25) is 4.79 Å². The average molecular weight is 392 g/mol. The van der Waals surface area contributed by atoms with Gasteiger partial charge in [0.1, 0.15) is 18.5 Å². The molecule has 0 bridgehead atoms. The van der Waals surface area contributed by atoms with Crippen molar-refractivity contribution in [3.05, 3.63) is 119 Å². The summed E-state index contributed by atoms with van der Waals surface area (Å²) in [6.07, 6.45) is 2.85. The van der Waals surface area contributed by atoms with E-state index in [1.807, 2.05) is 6.07 Å². The lowest BCUT2D eigenvalue weighted by Crippen LogP contribution is -2.44. The van der Waals surface area contributed by atoms with Crippen LogP contribution in [0.2, 0.25) is 5.02 Å². The second-order valence-electron chi connectivity index (χ2n) is 6.26. The molecule has 0 spiro atoms. The standard InChI is InChI=1S/C22H15ClFN3O/c23-19-10-6-17(7-11-19)22(27-15-25-14-26-27,18-8-12-20(24)13-9-18)21(28)16-4-2-1-3-5-16/h1-15H. The summed E-state index contributed by atoms with van der Waals surface area (Å²) >= 11 is 6.08. The summed E-state index contributed by atoms with van der Waals surface area (Å²) < 4.78 is 15.2. The zero-order valence-corrected chi connectivity index (χ0v) is 15.4. The minimum absolute atomic E-state index is 0.215. The van der Waals surface area contributed by atoms with Crippen molar-refractivity contribution >= 4 is 17.4 Å². The predicted molar refractivity (Wildman–Crippen MR) is 105 cm³/mol. The molecule has 1 atom stereocenters. The molecule has 0 N–H and O–H groups in total. The van der Waals surface area contributed by atoms with Gasteiger partial charge >= 0.3 is 0 Å². The maximum atomic E-state index is 13.9. The molecule has 138 valence electrons. The molecule has 28 heavy (non-hydrogen) atoms. The van der Waals surface area contributed by atoms with Gasteiger partial charge in [0.15, 0.2) is 11.3 Å². The minimum atomic E-state index is -1.36. The fraction of sp³-hybridized carbons (Fsp3) is 0.0455. The van der Waals surface area contributed by atoms with Crippen molar-refractivity contribution in [3.8, 4) is 0 Å². The lowest BCUT2D eigenvalue weighted by Gasteiger charge is -2.33. The molecule has 0 fully saturated rings. The number of Topliss-reactive ketones (excluding diaryl/α,β-unsaturated/α-hetero) is 1. The monoisotopic (exact) mass is 391 g/mol. The molecular weight excluding hydrogens is 377 g/mol. The molecule has 4 aromatic rings. The van der Waals surface area contributed by atoms with Gasteiger partial charge in [-0.1, -0.05) is 66.2 Å². The number of nitrogens with zero attached hydrogens (tertiary/aromatic N) is 3. The average Bonchev–Trinajstić information content (AvgIpc) is 3.27. The highest BCUT2D eigenvalue weighted by Gasteiger charge is 2.45. The van der Waals surface area contributed by atoms with Gasteiger partial charge in [0, 0.05) is 10.6 Å². The highest BCUT2D eigenvalue weighted by molar-refractivity contribution is 6.30. The Balaban J connectivity index is 2.06. The number of carbonyl (C=O) groups is 1. The third-order valence-corrected chi connectivity index (χ3v) is 4.90. The Morgan fingerprint density at radius 2 is 1.50 bits per heavy atom. The second kappa shape index (κ2) is 7.37. The number of rotatable bonds is 5. The molecule has 0 amide bonds. The first-order valence-corrected chi connectivity index (χ1v) is 8.97. The fourth-order valence-corrected chi connectivity index (χ4v) is 3.49. The van der Waals surface area contributed by atoms with Crippen molar-refractivity contribution in [1.29, 1.82) is 0 Å². The highest BCUT2D eigenvalue weighted by Crippen LogP contribution is 2.37. The van der Waals surface area contributed by atoms with Crippen LogP contribution in [0.5, 0.6) is 0 Å². The first-order chi connectivity index (χ1) is 13.6. The third-order valence-electron chi connectivity index (χ3n) is 4.65. The van der Waals surface area contributed by atoms with Crippen LogP contribution in [-0.4, -0.2) is 20.5 Å². The van der Waals surface area contributed by atoms with Crippen LogP contribution in [-0.2, 0) is 5.54 Å². The van der Waals surface area contributed by atoms with Gasteiger partial charge in [-0.05, 0) is 35.4 Å². The van der Waals surface area contributed by atoms with E-state index in [-0.39, 0.29) is 11.6 Å². The molecule has 6 heteroatoms. The van der Waals surface area contributed by atoms with Crippen molar-refractivity contribution in [2.45, 2.75) is 5.54 Å². The lowest BCUT2D eigenvalue weighted by atomic mass is 9.77. The summed E-state index contributed by atoms with van der Waals surface area (Å²) in [7, 11) is 0. The predicted octanol–water partition coefficient (Wildman–Crippen LogP) is 4.75. The van der Waals surface area contributed by atoms with E-state index < -0.39 is 5.54 Å². The summed E-state index contributed by atoms with van der Waals surface area (Å²) in [4.78, 5) is 18.0. The third kappa shape index (κ3) is 3.00. The minimum Gasteiger partial charge on any atom is -0.291 e. The van der Waals surface area contributed by atoms with E-state index in [1.165, 1.54) is 29.5 Å². The smallest absolute Gasteiger partial charge is 0.199 e. The largest absolute Gasteiger partial charge is 0.291 e. The van der Waals surface area contributed by atoms with E-state index in [9.17, 15) is 9.18 Å². The van der Waals surface area contributed by atoms with Crippen LogP contribution in [0.3, 0.4) is 0 Å². The van der Waals surface area contributed by atoms with Crippen molar-refractivity contribution in [2.75, 3.05) is 0 Å². The number of benzene rings is 3. The van der Waals surface area contributed by atoms with E-state index in [4.69, 9.17) is 11.6 Å². The van der Waals surface area contributed by atoms with Crippen molar-refractivity contribution in [2.24, 2.45) is 0 Å². The molecule has 0 aliphatic heterocycles. The van der Waals surface area contributed by atoms with Gasteiger partial charge in [-0.2, -0.15) is 5.10 Å². The molecule has 3 aromatic carbocycles. The first kappa shape index (κ1) is 18.1. The SMILES string of the molecule is O=C(c1ccccc1)C(c1ccc(F)cc1)(c1ccc(Cl)cc1)n1cncn1. The lowest BCUT2D eigenvalue weighted by molar-refractivity contribution is 0.0878. The van der Waals surface area contributed by atoms with Gasteiger partial charge in [0.25, 0.3) is 0 Å². The van der Waals surface area contributed by atoms with Crippen LogP contribution in [0, 0.1) is 5.82 Å². The van der Waals surface area contributed by atoms with Crippen LogP contribution in [0.1, 0.15) is 21.5 Å². The zero-order valence-electron chi connectivity index (χ0n) is 14.7. The molecule has 1 unspecified atom stereocenters.